The van der Waals surface area contributed by atoms with Crippen molar-refractivity contribution < 1.29 is 0 Å². The lowest BCUT2D eigenvalue weighted by molar-refractivity contribution is 0.515. The Morgan fingerprint density at radius 3 is 2.50 bits per heavy atom. The van der Waals surface area contributed by atoms with Gasteiger partial charge in [0.05, 0.1) is 0 Å². The SMILES string of the molecule is CCNCC(Cc1cccc(C)c1)C[Si](C)(C)C. The zero-order valence-corrected chi connectivity index (χ0v) is 13.7. The molecule has 18 heavy (non-hydrogen) atoms. The summed E-state index contributed by atoms with van der Waals surface area (Å²) < 4.78 is 0. The smallest absolute Gasteiger partial charge is 0.0446 e. The van der Waals surface area contributed by atoms with E-state index in [0.29, 0.717) is 0 Å². The van der Waals surface area contributed by atoms with Crippen LogP contribution in [0.25, 0.3) is 0 Å². The quantitative estimate of drug-likeness (QED) is 0.730. The van der Waals surface area contributed by atoms with Gasteiger partial charge in [-0.3, -0.25) is 0 Å². The van der Waals surface area contributed by atoms with Gasteiger partial charge < -0.3 is 5.32 Å². The molecular weight excluding hydrogens is 234 g/mol. The van der Waals surface area contributed by atoms with Gasteiger partial charge in [-0.2, -0.15) is 0 Å². The number of hydrogen-bond acceptors (Lipinski definition) is 1. The summed E-state index contributed by atoms with van der Waals surface area (Å²) in [6, 6.07) is 10.4. The number of benzene rings is 1. The zero-order chi connectivity index (χ0) is 13.6. The van der Waals surface area contributed by atoms with Crippen molar-refractivity contribution in [3.05, 3.63) is 35.4 Å². The molecule has 1 aromatic rings. The van der Waals surface area contributed by atoms with E-state index in [1.807, 2.05) is 0 Å². The monoisotopic (exact) mass is 263 g/mol. The van der Waals surface area contributed by atoms with Gasteiger partial charge in [-0.15, -0.1) is 0 Å². The van der Waals surface area contributed by atoms with Crippen LogP contribution in [0.4, 0.5) is 0 Å². The molecule has 1 rings (SSSR count). The Bertz CT molecular complexity index is 354. The van der Waals surface area contributed by atoms with Crippen LogP contribution in [-0.2, 0) is 6.42 Å². The molecule has 0 amide bonds. The molecule has 0 fully saturated rings. The second kappa shape index (κ2) is 7.10. The van der Waals surface area contributed by atoms with E-state index >= 15 is 0 Å². The minimum atomic E-state index is -0.978. The fourth-order valence-electron chi connectivity index (χ4n) is 2.60. The van der Waals surface area contributed by atoms with Crippen molar-refractivity contribution >= 4 is 8.07 Å². The van der Waals surface area contributed by atoms with Crippen molar-refractivity contribution in [2.24, 2.45) is 5.92 Å². The van der Waals surface area contributed by atoms with Gasteiger partial charge in [0.2, 0.25) is 0 Å². The van der Waals surface area contributed by atoms with Crippen molar-refractivity contribution in [2.45, 2.75) is 46.0 Å². The third kappa shape index (κ3) is 6.36. The first kappa shape index (κ1) is 15.5. The molecule has 2 heteroatoms. The lowest BCUT2D eigenvalue weighted by Gasteiger charge is -2.25. The molecular formula is C16H29NSi. The van der Waals surface area contributed by atoms with E-state index in [0.717, 1.165) is 19.0 Å². The van der Waals surface area contributed by atoms with Gasteiger partial charge in [0.1, 0.15) is 0 Å². The molecule has 0 radical (unpaired) electrons. The number of aryl methyl sites for hydroxylation is 1. The van der Waals surface area contributed by atoms with Crippen molar-refractivity contribution in [3.63, 3.8) is 0 Å². The summed E-state index contributed by atoms with van der Waals surface area (Å²) in [5.74, 6) is 0.790. The molecule has 102 valence electrons. The molecule has 1 unspecified atom stereocenters. The normalized spacial score (nSPS) is 13.6. The molecule has 0 spiro atoms. The molecule has 0 aliphatic heterocycles. The van der Waals surface area contributed by atoms with Gasteiger partial charge in [-0.25, -0.2) is 0 Å². The molecule has 0 heterocycles. The Morgan fingerprint density at radius 1 is 1.22 bits per heavy atom. The molecule has 1 atom stereocenters. The molecule has 0 aromatic heterocycles. The van der Waals surface area contributed by atoms with Gasteiger partial charge >= 0.3 is 0 Å². The second-order valence-corrected chi connectivity index (χ2v) is 12.2. The molecule has 1 N–H and O–H groups in total. The lowest BCUT2D eigenvalue weighted by atomic mass is 9.99. The number of nitrogens with one attached hydrogen (secondary N) is 1. The molecule has 0 saturated heterocycles. The van der Waals surface area contributed by atoms with E-state index in [2.05, 4.69) is 63.1 Å². The van der Waals surface area contributed by atoms with E-state index in [1.165, 1.54) is 23.6 Å². The lowest BCUT2D eigenvalue weighted by Crippen LogP contribution is -2.31. The fourth-order valence-corrected chi connectivity index (χ4v) is 4.62. The summed E-state index contributed by atoms with van der Waals surface area (Å²) in [5.41, 5.74) is 2.87. The average molecular weight is 264 g/mol. The standard InChI is InChI=1S/C16H29NSi/c1-6-17-12-16(13-18(3,4)5)11-15-9-7-8-14(2)10-15/h7-10,16-17H,6,11-13H2,1-5H3. The molecule has 0 aliphatic carbocycles. The average Bonchev–Trinajstić information content (AvgIpc) is 2.24. The van der Waals surface area contributed by atoms with E-state index in [9.17, 15) is 0 Å². The third-order valence-electron chi connectivity index (χ3n) is 3.19. The Morgan fingerprint density at radius 2 is 1.94 bits per heavy atom. The highest BCUT2D eigenvalue weighted by Crippen LogP contribution is 2.21. The van der Waals surface area contributed by atoms with Gasteiger partial charge in [0.25, 0.3) is 0 Å². The Labute approximate surface area is 114 Å². The highest BCUT2D eigenvalue weighted by atomic mass is 28.3. The molecule has 0 bridgehead atoms. The molecule has 0 saturated carbocycles. The highest BCUT2D eigenvalue weighted by Gasteiger charge is 2.20. The van der Waals surface area contributed by atoms with Gasteiger partial charge in [-0.05, 0) is 37.9 Å². The number of rotatable bonds is 7. The molecule has 1 nitrogen and oxygen atoms in total. The third-order valence-corrected chi connectivity index (χ3v) is 4.99. The largest absolute Gasteiger partial charge is 0.317 e. The minimum Gasteiger partial charge on any atom is -0.317 e. The first-order chi connectivity index (χ1) is 8.40. The van der Waals surface area contributed by atoms with Crippen LogP contribution in [0, 0.1) is 12.8 Å². The van der Waals surface area contributed by atoms with E-state index in [-0.39, 0.29) is 0 Å². The summed E-state index contributed by atoms with van der Waals surface area (Å²) in [7, 11) is -0.978. The molecule has 0 aliphatic rings. The van der Waals surface area contributed by atoms with Crippen LogP contribution in [0.1, 0.15) is 18.1 Å². The van der Waals surface area contributed by atoms with Gasteiger partial charge in [0, 0.05) is 8.07 Å². The minimum absolute atomic E-state index is 0.790. The fraction of sp³-hybridized carbons (Fsp3) is 0.625. The topological polar surface area (TPSA) is 12.0 Å². The van der Waals surface area contributed by atoms with Crippen molar-refractivity contribution in [3.8, 4) is 0 Å². The summed E-state index contributed by atoms with van der Waals surface area (Å²) >= 11 is 0. The van der Waals surface area contributed by atoms with Crippen LogP contribution in [-0.4, -0.2) is 21.2 Å². The summed E-state index contributed by atoms with van der Waals surface area (Å²) in [6.45, 7) is 14.0. The van der Waals surface area contributed by atoms with E-state index in [1.54, 1.807) is 0 Å². The summed E-state index contributed by atoms with van der Waals surface area (Å²) in [6.07, 6.45) is 1.22. The first-order valence-corrected chi connectivity index (χ1v) is 10.9. The Hall–Kier alpha value is -0.603. The second-order valence-electron chi connectivity index (χ2n) is 6.63. The summed E-state index contributed by atoms with van der Waals surface area (Å²) in [5, 5.41) is 3.53. The molecule has 1 aromatic carbocycles. The van der Waals surface area contributed by atoms with Crippen molar-refractivity contribution in [1.82, 2.24) is 5.32 Å². The van der Waals surface area contributed by atoms with Crippen LogP contribution < -0.4 is 5.32 Å². The summed E-state index contributed by atoms with van der Waals surface area (Å²) in [4.78, 5) is 0. The highest BCUT2D eigenvalue weighted by molar-refractivity contribution is 6.76. The maximum absolute atomic E-state index is 3.53. The Balaban J connectivity index is 2.65. The zero-order valence-electron chi connectivity index (χ0n) is 12.7. The van der Waals surface area contributed by atoms with E-state index < -0.39 is 8.07 Å². The van der Waals surface area contributed by atoms with Crippen LogP contribution in [0.15, 0.2) is 24.3 Å². The maximum atomic E-state index is 3.53. The van der Waals surface area contributed by atoms with Crippen molar-refractivity contribution in [1.29, 1.82) is 0 Å². The van der Waals surface area contributed by atoms with Crippen molar-refractivity contribution in [2.75, 3.05) is 13.1 Å². The van der Waals surface area contributed by atoms with Crippen LogP contribution >= 0.6 is 0 Å². The van der Waals surface area contributed by atoms with Crippen LogP contribution in [0.3, 0.4) is 0 Å². The predicted molar refractivity (Wildman–Crippen MR) is 85.1 cm³/mol. The Kier molecular flexibility index (Phi) is 6.10. The van der Waals surface area contributed by atoms with Crippen LogP contribution in [0.5, 0.6) is 0 Å². The van der Waals surface area contributed by atoms with Gasteiger partial charge in [-0.1, -0.05) is 62.4 Å². The van der Waals surface area contributed by atoms with E-state index in [4.69, 9.17) is 0 Å². The number of hydrogen-bond donors (Lipinski definition) is 1. The van der Waals surface area contributed by atoms with Crippen LogP contribution in [0.2, 0.25) is 25.7 Å². The maximum Gasteiger partial charge on any atom is 0.0446 e. The first-order valence-electron chi connectivity index (χ1n) is 7.17. The van der Waals surface area contributed by atoms with Gasteiger partial charge in [0.15, 0.2) is 0 Å². The predicted octanol–water partition coefficient (Wildman–Crippen LogP) is 4.10.